The Morgan fingerprint density at radius 3 is 2.50 bits per heavy atom. The van der Waals surface area contributed by atoms with E-state index in [9.17, 15) is 8.42 Å². The lowest BCUT2D eigenvalue weighted by Crippen LogP contribution is -2.32. The lowest BCUT2D eigenvalue weighted by molar-refractivity contribution is 0.601. The van der Waals surface area contributed by atoms with E-state index in [2.05, 4.69) is 17.2 Å². The lowest BCUT2D eigenvalue weighted by atomic mass is 10.1. The van der Waals surface area contributed by atoms with Crippen LogP contribution in [0.4, 0.5) is 0 Å². The van der Waals surface area contributed by atoms with Gasteiger partial charge in [0.25, 0.3) is 0 Å². The minimum absolute atomic E-state index is 0.0308. The highest BCUT2D eigenvalue weighted by Crippen LogP contribution is 2.13. The summed E-state index contributed by atoms with van der Waals surface area (Å²) in [7, 11) is -3.06. The van der Waals surface area contributed by atoms with Crippen LogP contribution in [0.3, 0.4) is 0 Å². The van der Waals surface area contributed by atoms with E-state index in [1.54, 1.807) is 0 Å². The number of nitrogens with one attached hydrogen (secondary N) is 1. The molecule has 124 valence electrons. The van der Waals surface area contributed by atoms with Crippen molar-refractivity contribution < 1.29 is 8.42 Å². The van der Waals surface area contributed by atoms with Crippen LogP contribution < -0.4 is 11.1 Å². The van der Waals surface area contributed by atoms with Gasteiger partial charge in [-0.25, -0.2) is 13.4 Å². The average molecular weight is 325 g/mol. The molecule has 0 unspecified atom stereocenters. The molecule has 0 radical (unpaired) electrons. The second-order valence-electron chi connectivity index (χ2n) is 5.53. The van der Waals surface area contributed by atoms with Crippen LogP contribution in [0, 0.1) is 0 Å². The summed E-state index contributed by atoms with van der Waals surface area (Å²) < 4.78 is 22.9. The van der Waals surface area contributed by atoms with Gasteiger partial charge < -0.3 is 11.1 Å². The van der Waals surface area contributed by atoms with Crippen LogP contribution in [0.25, 0.3) is 0 Å². The summed E-state index contributed by atoms with van der Waals surface area (Å²) in [6.07, 6.45) is 5.94. The molecule has 0 aliphatic rings. The van der Waals surface area contributed by atoms with E-state index in [1.165, 1.54) is 25.5 Å². The number of benzene rings is 1. The number of aliphatic imine (C=N–C) groups is 1. The van der Waals surface area contributed by atoms with Crippen molar-refractivity contribution in [3.8, 4) is 0 Å². The van der Waals surface area contributed by atoms with E-state index >= 15 is 0 Å². The standard InChI is InChI=1S/C16H27N3O2S/c1-3-4-5-8-11-18-16(17)19-12-14-9-6-7-10-15(14)13-22(2,20)21/h6-7,9-10H,3-5,8,11-13H2,1-2H3,(H3,17,18,19). The molecule has 1 aromatic rings. The van der Waals surface area contributed by atoms with Crippen LogP contribution in [0.5, 0.6) is 0 Å². The third-order valence-corrected chi connectivity index (χ3v) is 4.13. The zero-order valence-electron chi connectivity index (χ0n) is 13.5. The van der Waals surface area contributed by atoms with Crippen molar-refractivity contribution in [2.24, 2.45) is 10.7 Å². The maximum absolute atomic E-state index is 11.4. The first kappa shape index (κ1) is 18.5. The van der Waals surface area contributed by atoms with Gasteiger partial charge in [0, 0.05) is 12.8 Å². The van der Waals surface area contributed by atoms with Gasteiger partial charge in [-0.15, -0.1) is 0 Å². The van der Waals surface area contributed by atoms with Gasteiger partial charge in [0.2, 0.25) is 0 Å². The summed E-state index contributed by atoms with van der Waals surface area (Å²) in [5.41, 5.74) is 7.51. The molecule has 0 aliphatic carbocycles. The maximum atomic E-state index is 11.4. The van der Waals surface area contributed by atoms with Gasteiger partial charge >= 0.3 is 0 Å². The van der Waals surface area contributed by atoms with Gasteiger partial charge in [0.15, 0.2) is 15.8 Å². The Kier molecular flexibility index (Phi) is 7.95. The molecule has 1 rings (SSSR count). The van der Waals surface area contributed by atoms with Gasteiger partial charge in [-0.3, -0.25) is 0 Å². The Balaban J connectivity index is 2.54. The Bertz CT molecular complexity index is 583. The third-order valence-electron chi connectivity index (χ3n) is 3.29. The minimum atomic E-state index is -3.06. The number of rotatable bonds is 9. The summed E-state index contributed by atoms with van der Waals surface area (Å²) in [6, 6.07) is 7.42. The molecule has 0 spiro atoms. The zero-order valence-corrected chi connectivity index (χ0v) is 14.3. The highest BCUT2D eigenvalue weighted by atomic mass is 32.2. The van der Waals surface area contributed by atoms with Gasteiger partial charge in [0.05, 0.1) is 12.3 Å². The summed E-state index contributed by atoms with van der Waals surface area (Å²) >= 11 is 0. The predicted molar refractivity (Wildman–Crippen MR) is 92.5 cm³/mol. The molecule has 0 aromatic heterocycles. The van der Waals surface area contributed by atoms with Gasteiger partial charge in [-0.2, -0.15) is 0 Å². The largest absolute Gasteiger partial charge is 0.370 e. The lowest BCUT2D eigenvalue weighted by Gasteiger charge is -2.08. The van der Waals surface area contributed by atoms with Crippen molar-refractivity contribution in [1.29, 1.82) is 0 Å². The van der Waals surface area contributed by atoms with E-state index in [1.807, 2.05) is 24.3 Å². The normalized spacial score (nSPS) is 12.4. The van der Waals surface area contributed by atoms with E-state index in [-0.39, 0.29) is 5.75 Å². The molecule has 0 fully saturated rings. The van der Waals surface area contributed by atoms with Crippen molar-refractivity contribution in [3.05, 3.63) is 35.4 Å². The summed E-state index contributed by atoms with van der Waals surface area (Å²) in [6.45, 7) is 3.39. The number of nitrogens with zero attached hydrogens (tertiary/aromatic N) is 1. The van der Waals surface area contributed by atoms with Crippen LogP contribution in [0.1, 0.15) is 43.7 Å². The summed E-state index contributed by atoms with van der Waals surface area (Å²) in [4.78, 5) is 4.29. The smallest absolute Gasteiger partial charge is 0.188 e. The molecule has 6 heteroatoms. The van der Waals surface area contributed by atoms with Crippen LogP contribution in [-0.2, 0) is 22.1 Å². The molecule has 22 heavy (non-hydrogen) atoms. The monoisotopic (exact) mass is 325 g/mol. The molecule has 0 amide bonds. The Morgan fingerprint density at radius 2 is 1.86 bits per heavy atom. The molecule has 5 nitrogen and oxygen atoms in total. The Morgan fingerprint density at radius 1 is 1.18 bits per heavy atom. The van der Waals surface area contributed by atoms with Crippen molar-refractivity contribution in [2.75, 3.05) is 12.8 Å². The molecule has 0 aliphatic heterocycles. The van der Waals surface area contributed by atoms with E-state index in [0.29, 0.717) is 12.5 Å². The summed E-state index contributed by atoms with van der Waals surface area (Å²) in [5, 5.41) is 3.09. The SMILES string of the molecule is CCCCCCNC(N)=NCc1ccccc1CS(C)(=O)=O. The molecular weight excluding hydrogens is 298 g/mol. The Labute approximate surface area is 133 Å². The molecule has 0 atom stereocenters. The molecule has 1 aromatic carbocycles. The predicted octanol–water partition coefficient (Wildman–Crippen LogP) is 2.22. The van der Waals surface area contributed by atoms with E-state index in [0.717, 1.165) is 24.1 Å². The fourth-order valence-corrected chi connectivity index (χ4v) is 2.98. The van der Waals surface area contributed by atoms with Gasteiger partial charge in [-0.1, -0.05) is 50.5 Å². The van der Waals surface area contributed by atoms with Crippen LogP contribution in [0.15, 0.2) is 29.3 Å². The minimum Gasteiger partial charge on any atom is -0.370 e. The molecule has 3 N–H and O–H groups in total. The van der Waals surface area contributed by atoms with Crippen molar-refractivity contribution in [3.63, 3.8) is 0 Å². The molecular formula is C16H27N3O2S. The van der Waals surface area contributed by atoms with Crippen molar-refractivity contribution in [2.45, 2.75) is 44.9 Å². The maximum Gasteiger partial charge on any atom is 0.188 e. The fourth-order valence-electron chi connectivity index (χ4n) is 2.13. The second kappa shape index (κ2) is 9.46. The molecule has 0 saturated heterocycles. The number of sulfone groups is 1. The topological polar surface area (TPSA) is 84.5 Å². The zero-order chi connectivity index (χ0) is 16.4. The van der Waals surface area contributed by atoms with Gasteiger partial charge in [-0.05, 0) is 17.5 Å². The first-order valence-corrected chi connectivity index (χ1v) is 9.76. The molecule has 0 bridgehead atoms. The number of unbranched alkanes of at least 4 members (excludes halogenated alkanes) is 3. The number of nitrogens with two attached hydrogens (primary N) is 1. The van der Waals surface area contributed by atoms with Crippen LogP contribution >= 0.6 is 0 Å². The van der Waals surface area contributed by atoms with Gasteiger partial charge in [0.1, 0.15) is 0 Å². The fraction of sp³-hybridized carbons (Fsp3) is 0.562. The third kappa shape index (κ3) is 8.02. The summed E-state index contributed by atoms with van der Waals surface area (Å²) in [5.74, 6) is 0.439. The molecule has 0 saturated carbocycles. The number of hydrogen-bond donors (Lipinski definition) is 2. The first-order valence-electron chi connectivity index (χ1n) is 7.70. The number of hydrogen-bond acceptors (Lipinski definition) is 3. The highest BCUT2D eigenvalue weighted by Gasteiger charge is 2.08. The highest BCUT2D eigenvalue weighted by molar-refractivity contribution is 7.89. The average Bonchev–Trinajstić information content (AvgIpc) is 2.44. The second-order valence-corrected chi connectivity index (χ2v) is 7.67. The van der Waals surface area contributed by atoms with Crippen molar-refractivity contribution in [1.82, 2.24) is 5.32 Å². The van der Waals surface area contributed by atoms with Crippen molar-refractivity contribution >= 4 is 15.8 Å². The van der Waals surface area contributed by atoms with E-state index < -0.39 is 9.84 Å². The first-order chi connectivity index (χ1) is 10.4. The number of guanidine groups is 1. The Hall–Kier alpha value is -1.56. The quantitative estimate of drug-likeness (QED) is 0.414. The molecule has 0 heterocycles. The van der Waals surface area contributed by atoms with E-state index in [4.69, 9.17) is 5.73 Å². The van der Waals surface area contributed by atoms with Crippen LogP contribution in [0.2, 0.25) is 0 Å². The van der Waals surface area contributed by atoms with Crippen LogP contribution in [-0.4, -0.2) is 27.2 Å².